The minimum Gasteiger partial charge on any atom is -0.459 e. The van der Waals surface area contributed by atoms with Crippen molar-refractivity contribution in [2.45, 2.75) is 224 Å². The molecule has 3 heterocycles. The van der Waals surface area contributed by atoms with Gasteiger partial charge < -0.3 is 63.8 Å². The van der Waals surface area contributed by atoms with Crippen LogP contribution in [0.25, 0.3) is 0 Å². The maximum atomic E-state index is 14.7. The van der Waals surface area contributed by atoms with Gasteiger partial charge in [0.2, 0.25) is 5.91 Å². The third kappa shape index (κ3) is 15.2. The van der Waals surface area contributed by atoms with Crippen molar-refractivity contribution < 1.29 is 63.5 Å². The molecule has 15 nitrogen and oxygen atoms in total. The Morgan fingerprint density at radius 2 is 1.30 bits per heavy atom. The van der Waals surface area contributed by atoms with E-state index in [0.717, 1.165) is 31.8 Å². The number of methoxy groups -OCH3 is 1. The maximum Gasteiger partial charge on any atom is 0.311 e. The summed E-state index contributed by atoms with van der Waals surface area (Å²) in [6.45, 7) is 17.4. The van der Waals surface area contributed by atoms with Gasteiger partial charge in [-0.3, -0.25) is 9.59 Å². The van der Waals surface area contributed by atoms with E-state index in [-0.39, 0.29) is 50.3 Å². The van der Waals surface area contributed by atoms with Crippen LogP contribution in [0, 0.1) is 17.8 Å². The standard InChI is InChI=1S/C63H98N2O13P/c1-14-51-63(10,72)56(68)45(6)65(52(66)35-27-16-15-17-28-36-79(47-29-21-18-22-30-47,48-31-23-19-24-32-48)49-33-25-20-26-34-49)40-41(2)38-61(8,71)58(78-60-54(67)50(64(11)12)37-42(3)74-60)43(4)55(44(5)59(70)76-51)77-53-39-62(9,73-13)57(69)46(7)75-53/h18-26,29-34,41-46,50-51,53-58,60,67-69,71-72H,14-17,27-28,35-40H2,1-13H3/q+1/t41-,42-,43+,44-,45-,46+,50+,51-,53+,54-,55+,56-,57+,58-,60+,61-,62-,63-/m1/s1. The van der Waals surface area contributed by atoms with Crippen molar-refractivity contribution in [3.63, 3.8) is 0 Å². The number of esters is 1. The molecule has 442 valence electrons. The molecule has 6 rings (SSSR count). The zero-order valence-electron chi connectivity index (χ0n) is 49.6. The smallest absolute Gasteiger partial charge is 0.311 e. The second kappa shape index (κ2) is 28.2. The van der Waals surface area contributed by atoms with Crippen molar-refractivity contribution in [3.05, 3.63) is 91.0 Å². The summed E-state index contributed by atoms with van der Waals surface area (Å²) in [6, 6.07) is 31.4. The summed E-state index contributed by atoms with van der Waals surface area (Å²) in [6.07, 6.45) is -4.02. The third-order valence-corrected chi connectivity index (χ3v) is 22.2. The van der Waals surface area contributed by atoms with E-state index >= 15 is 0 Å². The molecule has 3 saturated heterocycles. The van der Waals surface area contributed by atoms with Gasteiger partial charge in [-0.05, 0) is 143 Å². The van der Waals surface area contributed by atoms with Gasteiger partial charge in [0.1, 0.15) is 53.2 Å². The van der Waals surface area contributed by atoms with Crippen molar-refractivity contribution in [1.82, 2.24) is 9.80 Å². The van der Waals surface area contributed by atoms with E-state index in [1.54, 1.807) is 53.4 Å². The lowest BCUT2D eigenvalue weighted by atomic mass is 9.77. The number of likely N-dealkylation sites (N-methyl/N-ethyl adjacent to an activating group) is 1. The van der Waals surface area contributed by atoms with Crippen molar-refractivity contribution in [1.29, 1.82) is 0 Å². The van der Waals surface area contributed by atoms with E-state index < -0.39 is 109 Å². The molecule has 0 unspecified atom stereocenters. The molecule has 3 aliphatic rings. The van der Waals surface area contributed by atoms with Crippen molar-refractivity contribution in [2.24, 2.45) is 17.8 Å². The van der Waals surface area contributed by atoms with Crippen LogP contribution in [-0.4, -0.2) is 171 Å². The second-order valence-corrected chi connectivity index (χ2v) is 27.9. The molecule has 5 N–H and O–H groups in total. The molecule has 0 aliphatic carbocycles. The first-order chi connectivity index (χ1) is 37.3. The zero-order chi connectivity index (χ0) is 58.0. The number of benzene rings is 3. The van der Waals surface area contributed by atoms with Crippen molar-refractivity contribution in [2.75, 3.05) is 33.9 Å². The van der Waals surface area contributed by atoms with Gasteiger partial charge in [0, 0.05) is 38.5 Å². The molecular formula is C63H98N2O13P+. The van der Waals surface area contributed by atoms with Gasteiger partial charge in [0.25, 0.3) is 0 Å². The number of aliphatic hydroxyl groups is 5. The highest BCUT2D eigenvalue weighted by Gasteiger charge is 2.53. The van der Waals surface area contributed by atoms with Gasteiger partial charge in [-0.25, -0.2) is 0 Å². The Labute approximate surface area is 473 Å². The lowest BCUT2D eigenvalue weighted by Gasteiger charge is -2.48. The number of aliphatic hydroxyl groups excluding tert-OH is 3. The van der Waals surface area contributed by atoms with Crippen molar-refractivity contribution >= 4 is 35.1 Å². The number of hydrogen-bond acceptors (Lipinski definition) is 14. The largest absolute Gasteiger partial charge is 0.459 e. The summed E-state index contributed by atoms with van der Waals surface area (Å²) < 4.78 is 38.3. The first-order valence-corrected chi connectivity index (χ1v) is 31.2. The van der Waals surface area contributed by atoms with Crippen LogP contribution < -0.4 is 15.9 Å². The highest BCUT2D eigenvalue weighted by atomic mass is 31.2. The Hall–Kier alpha value is -3.41. The average Bonchev–Trinajstić information content (AvgIpc) is 3.64. The molecule has 3 aromatic carbocycles. The maximum absolute atomic E-state index is 14.7. The number of amides is 1. The van der Waals surface area contributed by atoms with E-state index in [4.69, 9.17) is 28.4 Å². The summed E-state index contributed by atoms with van der Waals surface area (Å²) in [5.74, 6) is -3.32. The van der Waals surface area contributed by atoms with Gasteiger partial charge in [-0.15, -0.1) is 0 Å². The molecule has 16 heteroatoms. The van der Waals surface area contributed by atoms with Crippen LogP contribution >= 0.6 is 7.26 Å². The Morgan fingerprint density at radius 1 is 0.759 bits per heavy atom. The van der Waals surface area contributed by atoms with Crippen LogP contribution in [-0.2, 0) is 38.0 Å². The summed E-state index contributed by atoms with van der Waals surface area (Å²) in [5, 5.41) is 64.7. The molecule has 3 aromatic rings. The predicted molar refractivity (Wildman–Crippen MR) is 311 cm³/mol. The van der Waals surface area contributed by atoms with Crippen LogP contribution in [0.1, 0.15) is 133 Å². The predicted octanol–water partition coefficient (Wildman–Crippen LogP) is 7.13. The van der Waals surface area contributed by atoms with E-state index in [0.29, 0.717) is 12.8 Å². The first-order valence-electron chi connectivity index (χ1n) is 29.2. The van der Waals surface area contributed by atoms with Crippen LogP contribution in [0.2, 0.25) is 0 Å². The number of nitrogens with zero attached hydrogens (tertiary/aromatic N) is 2. The van der Waals surface area contributed by atoms with E-state index in [2.05, 4.69) is 91.0 Å². The fraction of sp³-hybridized carbons (Fsp3) is 0.683. The minimum absolute atomic E-state index is 0.0631. The lowest BCUT2D eigenvalue weighted by molar-refractivity contribution is -0.318. The Morgan fingerprint density at radius 3 is 1.84 bits per heavy atom. The minimum atomic E-state index is -2.02. The van der Waals surface area contributed by atoms with Gasteiger partial charge in [-0.2, -0.15) is 0 Å². The lowest BCUT2D eigenvalue weighted by Crippen LogP contribution is -2.60. The molecular weight excluding hydrogens is 1020 g/mol. The van der Waals surface area contributed by atoms with E-state index in [1.807, 2.05) is 32.8 Å². The average molecular weight is 1120 g/mol. The topological polar surface area (TPSA) is 197 Å². The van der Waals surface area contributed by atoms with Crippen molar-refractivity contribution in [3.8, 4) is 0 Å². The SMILES string of the molecule is CC[C@H]1OC(=O)[C@H](C)[C@@H](O[C@H]2C[C@@](C)(OC)[C@@H](O)[C@H](C)O2)[C@H](C)[C@@H](O[C@@H]2O[C@H](C)C[C@H](N(C)C)[C@H]2O)[C@](C)(O)C[C@@H](C)CN(C(=O)CCCCCCC[P+](c2ccccc2)(c2ccccc2)c2ccccc2)[C@H](C)[C@@H](O)[C@]1(C)O. The molecule has 3 aliphatic heterocycles. The summed E-state index contributed by atoms with van der Waals surface area (Å²) in [4.78, 5) is 33.0. The molecule has 0 spiro atoms. The summed E-state index contributed by atoms with van der Waals surface area (Å²) in [5.41, 5.74) is -4.82. The Balaban J connectivity index is 1.26. The van der Waals surface area contributed by atoms with Crippen LogP contribution in [0.15, 0.2) is 91.0 Å². The summed E-state index contributed by atoms with van der Waals surface area (Å²) in [7, 11) is 3.29. The molecule has 0 bridgehead atoms. The fourth-order valence-corrected chi connectivity index (χ4v) is 17.4. The van der Waals surface area contributed by atoms with E-state index in [1.165, 1.54) is 29.9 Å². The second-order valence-electron chi connectivity index (χ2n) is 24.3. The highest BCUT2D eigenvalue weighted by molar-refractivity contribution is 7.95. The van der Waals surface area contributed by atoms with Crippen LogP contribution in [0.5, 0.6) is 0 Å². The molecule has 0 aromatic heterocycles. The number of carbonyl (C=O) groups is 2. The molecule has 79 heavy (non-hydrogen) atoms. The molecule has 0 saturated carbocycles. The monoisotopic (exact) mass is 1120 g/mol. The molecule has 1 amide bonds. The molecule has 18 atom stereocenters. The molecule has 3 fully saturated rings. The first kappa shape index (κ1) is 64.8. The van der Waals surface area contributed by atoms with Gasteiger partial charge >= 0.3 is 5.97 Å². The number of rotatable bonds is 18. The van der Waals surface area contributed by atoms with E-state index in [9.17, 15) is 35.1 Å². The summed E-state index contributed by atoms with van der Waals surface area (Å²) >= 11 is 0. The number of hydrogen-bond donors (Lipinski definition) is 5. The highest BCUT2D eigenvalue weighted by Crippen LogP contribution is 2.56. The third-order valence-electron chi connectivity index (χ3n) is 17.7. The number of ether oxygens (including phenoxy) is 6. The number of unbranched alkanes of at least 4 members (excludes halogenated alkanes) is 4. The normalized spacial score (nSPS) is 36.5. The number of carbonyl (C=O) groups excluding carboxylic acids is 2. The Kier molecular flexibility index (Phi) is 23.2. The Bertz CT molecular complexity index is 2230. The van der Waals surface area contributed by atoms with Crippen LogP contribution in [0.4, 0.5) is 0 Å². The molecule has 0 radical (unpaired) electrons. The van der Waals surface area contributed by atoms with Crippen LogP contribution in [0.3, 0.4) is 0 Å². The van der Waals surface area contributed by atoms with Gasteiger partial charge in [-0.1, -0.05) is 88.2 Å². The zero-order valence-corrected chi connectivity index (χ0v) is 50.5. The van der Waals surface area contributed by atoms with Gasteiger partial charge in [0.15, 0.2) is 12.6 Å². The fourth-order valence-electron chi connectivity index (χ4n) is 13.0. The quantitative estimate of drug-likeness (QED) is 0.0490. The van der Waals surface area contributed by atoms with Gasteiger partial charge in [0.05, 0.1) is 53.7 Å². The number of cyclic esters (lactones) is 1.